The number of amides is 1. The summed E-state index contributed by atoms with van der Waals surface area (Å²) in [5.41, 5.74) is 2.39. The molecule has 4 aromatic rings. The molecule has 9 nitrogen and oxygen atoms in total. The first-order valence-electron chi connectivity index (χ1n) is 11.2. The van der Waals surface area contributed by atoms with Gasteiger partial charge in [0.2, 0.25) is 0 Å². The third-order valence-corrected chi connectivity index (χ3v) is 6.50. The van der Waals surface area contributed by atoms with E-state index in [1.807, 2.05) is 0 Å². The second-order valence-electron chi connectivity index (χ2n) is 8.47. The van der Waals surface area contributed by atoms with E-state index in [4.69, 9.17) is 21.4 Å². The van der Waals surface area contributed by atoms with Crippen molar-refractivity contribution >= 4 is 28.8 Å². The first-order valence-corrected chi connectivity index (χ1v) is 11.6. The maximum absolute atomic E-state index is 13.2. The monoisotopic (exact) mass is 480 g/mol. The fourth-order valence-electron chi connectivity index (χ4n) is 4.53. The third-order valence-electron chi connectivity index (χ3n) is 6.27. The minimum atomic E-state index is -0.510. The van der Waals surface area contributed by atoms with E-state index in [-0.39, 0.29) is 11.8 Å². The molecule has 2 N–H and O–H groups in total. The van der Waals surface area contributed by atoms with Crippen LogP contribution in [0.2, 0.25) is 5.02 Å². The largest absolute Gasteiger partial charge is 0.496 e. The molecule has 5 rings (SSSR count). The Bertz CT molecular complexity index is 1330. The van der Waals surface area contributed by atoms with Gasteiger partial charge in [0, 0.05) is 29.2 Å². The van der Waals surface area contributed by atoms with Gasteiger partial charge in [-0.2, -0.15) is 10.2 Å². The lowest BCUT2D eigenvalue weighted by Crippen LogP contribution is -2.24. The summed E-state index contributed by atoms with van der Waals surface area (Å²) >= 11 is 6.27. The molecule has 34 heavy (non-hydrogen) atoms. The Balaban J connectivity index is 1.51. The highest BCUT2D eigenvalue weighted by Gasteiger charge is 2.25. The van der Waals surface area contributed by atoms with Crippen molar-refractivity contribution in [3.05, 3.63) is 59.6 Å². The molecule has 1 unspecified atom stereocenters. The molecule has 0 radical (unpaired) electrons. The van der Waals surface area contributed by atoms with E-state index in [1.165, 1.54) is 10.7 Å². The quantitative estimate of drug-likeness (QED) is 0.413. The van der Waals surface area contributed by atoms with Gasteiger partial charge in [0.1, 0.15) is 17.0 Å². The van der Waals surface area contributed by atoms with Crippen LogP contribution in [-0.4, -0.2) is 48.6 Å². The van der Waals surface area contributed by atoms with Gasteiger partial charge >= 0.3 is 0 Å². The molecule has 3 aromatic heterocycles. The van der Waals surface area contributed by atoms with Crippen LogP contribution in [0.25, 0.3) is 16.9 Å². The van der Waals surface area contributed by atoms with Gasteiger partial charge in [-0.1, -0.05) is 24.4 Å². The molecule has 0 bridgehead atoms. The molecule has 1 saturated carbocycles. The number of aromatic nitrogens is 5. The maximum atomic E-state index is 13.2. The normalized spacial score (nSPS) is 15.0. The van der Waals surface area contributed by atoms with Gasteiger partial charge in [0.05, 0.1) is 31.6 Å². The van der Waals surface area contributed by atoms with E-state index < -0.39 is 6.10 Å². The predicted octanol–water partition coefficient (Wildman–Crippen LogP) is 4.06. The number of halogens is 1. The maximum Gasteiger partial charge on any atom is 0.261 e. The number of carbonyl (C=O) groups excluding carboxylic acids is 1. The van der Waals surface area contributed by atoms with Crippen molar-refractivity contribution in [3.63, 3.8) is 0 Å². The van der Waals surface area contributed by atoms with Crippen LogP contribution in [0.1, 0.15) is 36.0 Å². The zero-order valence-electron chi connectivity index (χ0n) is 18.7. The summed E-state index contributed by atoms with van der Waals surface area (Å²) in [5, 5.41) is 23.1. The SMILES string of the molecule is COc1ccc(Cl)cc1-c1nn(CC(O)C2CCCC2)cc1NC(=O)c1cnn2cccnc12. The number of hydrogen-bond donors (Lipinski definition) is 2. The Kier molecular flexibility index (Phi) is 6.21. The molecule has 10 heteroatoms. The Hall–Kier alpha value is -3.43. The van der Waals surface area contributed by atoms with Crippen molar-refractivity contribution < 1.29 is 14.6 Å². The van der Waals surface area contributed by atoms with Gasteiger partial charge < -0.3 is 15.2 Å². The zero-order chi connectivity index (χ0) is 23.7. The number of benzene rings is 1. The van der Waals surface area contributed by atoms with Crippen LogP contribution in [0.3, 0.4) is 0 Å². The van der Waals surface area contributed by atoms with E-state index in [0.29, 0.717) is 45.5 Å². The Morgan fingerprint density at radius 3 is 2.97 bits per heavy atom. The first kappa shape index (κ1) is 22.4. The van der Waals surface area contributed by atoms with E-state index >= 15 is 0 Å². The summed E-state index contributed by atoms with van der Waals surface area (Å²) in [5.74, 6) is 0.460. The summed E-state index contributed by atoms with van der Waals surface area (Å²) in [7, 11) is 1.57. The van der Waals surface area contributed by atoms with Crippen LogP contribution in [0.5, 0.6) is 5.75 Å². The van der Waals surface area contributed by atoms with Crippen molar-refractivity contribution in [2.75, 3.05) is 12.4 Å². The molecule has 1 amide bonds. The number of carbonyl (C=O) groups is 1. The molecule has 1 fully saturated rings. The lowest BCUT2D eigenvalue weighted by Gasteiger charge is -2.17. The Morgan fingerprint density at radius 1 is 1.35 bits per heavy atom. The molecular weight excluding hydrogens is 456 g/mol. The molecule has 176 valence electrons. The van der Waals surface area contributed by atoms with Crippen LogP contribution in [-0.2, 0) is 6.54 Å². The summed E-state index contributed by atoms with van der Waals surface area (Å²) < 4.78 is 8.73. The summed E-state index contributed by atoms with van der Waals surface area (Å²) in [6, 6.07) is 6.97. The number of fused-ring (bicyclic) bond motifs is 1. The van der Waals surface area contributed by atoms with Gasteiger partial charge in [-0.25, -0.2) is 9.50 Å². The molecular formula is C24H25ClN6O3. The van der Waals surface area contributed by atoms with E-state index in [9.17, 15) is 9.90 Å². The van der Waals surface area contributed by atoms with Crippen LogP contribution in [0.4, 0.5) is 5.69 Å². The smallest absolute Gasteiger partial charge is 0.261 e. The topological polar surface area (TPSA) is 107 Å². The van der Waals surface area contributed by atoms with Gasteiger partial charge in [0.15, 0.2) is 5.65 Å². The summed E-state index contributed by atoms with van der Waals surface area (Å²) in [6.45, 7) is 0.328. The second kappa shape index (κ2) is 9.44. The zero-order valence-corrected chi connectivity index (χ0v) is 19.4. The average Bonchev–Trinajstić information content (AvgIpc) is 3.59. The molecule has 1 aliphatic rings. The first-order chi connectivity index (χ1) is 16.5. The van der Waals surface area contributed by atoms with Crippen molar-refractivity contribution in [1.29, 1.82) is 0 Å². The Morgan fingerprint density at radius 2 is 2.18 bits per heavy atom. The molecule has 0 aliphatic heterocycles. The van der Waals surface area contributed by atoms with Crippen LogP contribution in [0, 0.1) is 5.92 Å². The summed E-state index contributed by atoms with van der Waals surface area (Å²) in [6.07, 6.45) is 10.3. The minimum absolute atomic E-state index is 0.260. The standard InChI is InChI=1S/C24H25ClN6O3/c1-34-21-8-7-16(25)11-17(21)22-19(13-30(29-22)14-20(32)15-5-2-3-6-15)28-24(33)18-12-27-31-10-4-9-26-23(18)31/h4,7-13,15,20,32H,2-3,5-6,14H2,1H3,(H,28,33). The number of nitrogens with one attached hydrogen (secondary N) is 1. The van der Waals surface area contributed by atoms with Crippen LogP contribution < -0.4 is 10.1 Å². The number of anilines is 1. The van der Waals surface area contributed by atoms with E-state index in [2.05, 4.69) is 15.4 Å². The third kappa shape index (κ3) is 4.36. The van der Waals surface area contributed by atoms with E-state index in [1.54, 1.807) is 54.6 Å². The predicted molar refractivity (Wildman–Crippen MR) is 128 cm³/mol. The molecule has 1 aliphatic carbocycles. The lowest BCUT2D eigenvalue weighted by molar-refractivity contribution is 0.0895. The highest BCUT2D eigenvalue weighted by atomic mass is 35.5. The van der Waals surface area contributed by atoms with Crippen LogP contribution in [0.15, 0.2) is 49.1 Å². The van der Waals surface area contributed by atoms with Crippen molar-refractivity contribution in [3.8, 4) is 17.0 Å². The van der Waals surface area contributed by atoms with Gasteiger partial charge in [-0.15, -0.1) is 0 Å². The minimum Gasteiger partial charge on any atom is -0.496 e. The van der Waals surface area contributed by atoms with Crippen LogP contribution >= 0.6 is 11.6 Å². The Labute approximate surface area is 201 Å². The lowest BCUT2D eigenvalue weighted by atomic mass is 10.0. The highest BCUT2D eigenvalue weighted by Crippen LogP contribution is 2.36. The van der Waals surface area contributed by atoms with Gasteiger partial charge in [-0.05, 0) is 43.0 Å². The number of ether oxygens (including phenoxy) is 1. The van der Waals surface area contributed by atoms with Gasteiger partial charge in [0.25, 0.3) is 5.91 Å². The van der Waals surface area contributed by atoms with Crippen molar-refractivity contribution in [2.45, 2.75) is 38.3 Å². The average molecular weight is 481 g/mol. The highest BCUT2D eigenvalue weighted by molar-refractivity contribution is 6.31. The molecule has 0 spiro atoms. The fourth-order valence-corrected chi connectivity index (χ4v) is 4.70. The molecule has 1 atom stereocenters. The number of aliphatic hydroxyl groups is 1. The second-order valence-corrected chi connectivity index (χ2v) is 8.91. The molecule has 1 aromatic carbocycles. The number of rotatable bonds is 7. The fraction of sp³-hybridized carbons (Fsp3) is 0.333. The summed E-state index contributed by atoms with van der Waals surface area (Å²) in [4.78, 5) is 17.4. The molecule has 0 saturated heterocycles. The number of hydrogen-bond acceptors (Lipinski definition) is 6. The van der Waals surface area contributed by atoms with E-state index in [0.717, 1.165) is 25.7 Å². The number of nitrogens with zero attached hydrogens (tertiary/aromatic N) is 5. The number of methoxy groups -OCH3 is 1. The molecule has 3 heterocycles. The number of aliphatic hydroxyl groups excluding tert-OH is 1. The van der Waals surface area contributed by atoms with Crippen molar-refractivity contribution in [1.82, 2.24) is 24.4 Å². The van der Waals surface area contributed by atoms with Gasteiger partial charge in [-0.3, -0.25) is 9.48 Å². The van der Waals surface area contributed by atoms with Crippen molar-refractivity contribution in [2.24, 2.45) is 5.92 Å².